The second-order valence-electron chi connectivity index (χ2n) is 7.59. The first-order valence-electron chi connectivity index (χ1n) is 10.2. The first-order valence-corrected chi connectivity index (χ1v) is 11.0. The third kappa shape index (κ3) is 4.99. The van der Waals surface area contributed by atoms with Crippen molar-refractivity contribution in [3.63, 3.8) is 0 Å². The van der Waals surface area contributed by atoms with Gasteiger partial charge in [0.15, 0.2) is 0 Å². The van der Waals surface area contributed by atoms with E-state index in [1.807, 2.05) is 30.3 Å². The summed E-state index contributed by atoms with van der Waals surface area (Å²) < 4.78 is 23.2. The van der Waals surface area contributed by atoms with Crippen LogP contribution >= 0.6 is 15.9 Å². The molecule has 1 heterocycles. The van der Waals surface area contributed by atoms with Crippen LogP contribution in [0.4, 0.5) is 0 Å². The SMILES string of the molecule is COC(=O)c1ccc(COC2CCC3C(=O)C(Oc4ccccc4Br)=COC3C2)cc1. The van der Waals surface area contributed by atoms with E-state index < -0.39 is 0 Å². The number of hydrogen-bond donors (Lipinski definition) is 0. The number of benzene rings is 2. The lowest BCUT2D eigenvalue weighted by molar-refractivity contribution is -0.134. The first-order chi connectivity index (χ1) is 15.0. The predicted octanol–water partition coefficient (Wildman–Crippen LogP) is 4.81. The molecule has 0 aromatic heterocycles. The van der Waals surface area contributed by atoms with Gasteiger partial charge in [-0.2, -0.15) is 0 Å². The van der Waals surface area contributed by atoms with E-state index in [1.54, 1.807) is 18.2 Å². The van der Waals surface area contributed by atoms with E-state index in [-0.39, 0.29) is 35.6 Å². The van der Waals surface area contributed by atoms with E-state index >= 15 is 0 Å². The van der Waals surface area contributed by atoms with Gasteiger partial charge in [0.25, 0.3) is 0 Å². The molecule has 7 heteroatoms. The average Bonchev–Trinajstić information content (AvgIpc) is 2.80. The van der Waals surface area contributed by atoms with E-state index in [4.69, 9.17) is 18.9 Å². The van der Waals surface area contributed by atoms with Gasteiger partial charge in [-0.05, 0) is 58.6 Å². The Morgan fingerprint density at radius 2 is 1.90 bits per heavy atom. The highest BCUT2D eigenvalue weighted by Gasteiger charge is 2.41. The number of fused-ring (bicyclic) bond motifs is 1. The number of methoxy groups -OCH3 is 1. The fourth-order valence-electron chi connectivity index (χ4n) is 3.87. The maximum Gasteiger partial charge on any atom is 0.337 e. The minimum Gasteiger partial charge on any atom is -0.493 e. The third-order valence-electron chi connectivity index (χ3n) is 5.59. The Hall–Kier alpha value is -2.64. The number of carbonyl (C=O) groups is 2. The number of allylic oxidation sites excluding steroid dienone is 1. The summed E-state index contributed by atoms with van der Waals surface area (Å²) in [7, 11) is 1.36. The van der Waals surface area contributed by atoms with Crippen molar-refractivity contribution in [1.29, 1.82) is 0 Å². The molecule has 1 aliphatic carbocycles. The van der Waals surface area contributed by atoms with Crippen LogP contribution in [0, 0.1) is 5.92 Å². The molecule has 162 valence electrons. The van der Waals surface area contributed by atoms with Gasteiger partial charge in [0.05, 0.1) is 35.8 Å². The molecule has 0 amide bonds. The van der Waals surface area contributed by atoms with E-state index in [9.17, 15) is 9.59 Å². The van der Waals surface area contributed by atoms with E-state index in [1.165, 1.54) is 13.4 Å². The van der Waals surface area contributed by atoms with Crippen molar-refractivity contribution in [1.82, 2.24) is 0 Å². The minimum atomic E-state index is -0.360. The van der Waals surface area contributed by atoms with E-state index in [2.05, 4.69) is 15.9 Å². The largest absolute Gasteiger partial charge is 0.493 e. The normalized spacial score (nSPS) is 22.7. The lowest BCUT2D eigenvalue weighted by Gasteiger charge is -2.37. The van der Waals surface area contributed by atoms with Gasteiger partial charge in [0.2, 0.25) is 11.5 Å². The molecule has 2 aromatic rings. The molecule has 0 saturated heterocycles. The molecule has 6 nitrogen and oxygen atoms in total. The molecular formula is C24H23BrO6. The number of halogens is 1. The molecule has 0 spiro atoms. The van der Waals surface area contributed by atoms with Gasteiger partial charge < -0.3 is 18.9 Å². The van der Waals surface area contributed by atoms with Gasteiger partial charge in [0, 0.05) is 6.42 Å². The van der Waals surface area contributed by atoms with Crippen LogP contribution in [0.3, 0.4) is 0 Å². The summed E-state index contributed by atoms with van der Waals surface area (Å²) in [5, 5.41) is 0. The second-order valence-corrected chi connectivity index (χ2v) is 8.45. The van der Waals surface area contributed by atoms with Gasteiger partial charge in [-0.25, -0.2) is 4.79 Å². The zero-order chi connectivity index (χ0) is 21.8. The van der Waals surface area contributed by atoms with Crippen LogP contribution in [0.15, 0.2) is 65.0 Å². The topological polar surface area (TPSA) is 71.1 Å². The summed E-state index contributed by atoms with van der Waals surface area (Å²) in [6.45, 7) is 0.434. The molecule has 0 N–H and O–H groups in total. The highest BCUT2D eigenvalue weighted by atomic mass is 79.9. The summed E-state index contributed by atoms with van der Waals surface area (Å²) in [6, 6.07) is 14.5. The number of ether oxygens (including phenoxy) is 4. The molecule has 1 aliphatic heterocycles. The van der Waals surface area contributed by atoms with Gasteiger partial charge >= 0.3 is 5.97 Å². The third-order valence-corrected chi connectivity index (χ3v) is 6.25. The number of rotatable bonds is 6. The molecule has 0 bridgehead atoms. The number of para-hydroxylation sites is 1. The molecular weight excluding hydrogens is 464 g/mol. The average molecular weight is 487 g/mol. The lowest BCUT2D eigenvalue weighted by atomic mass is 9.80. The predicted molar refractivity (Wildman–Crippen MR) is 116 cm³/mol. The fraction of sp³-hybridized carbons (Fsp3) is 0.333. The molecule has 0 radical (unpaired) electrons. The number of esters is 1. The van der Waals surface area contributed by atoms with Crippen LogP contribution in [0.2, 0.25) is 0 Å². The second kappa shape index (κ2) is 9.66. The van der Waals surface area contributed by atoms with Gasteiger partial charge in [0.1, 0.15) is 18.1 Å². The van der Waals surface area contributed by atoms with E-state index in [0.717, 1.165) is 16.5 Å². The first kappa shape index (κ1) is 21.6. The molecule has 4 rings (SSSR count). The summed E-state index contributed by atoms with van der Waals surface area (Å²) in [5.74, 6) is 0.212. The Morgan fingerprint density at radius 3 is 2.65 bits per heavy atom. The number of hydrogen-bond acceptors (Lipinski definition) is 6. The van der Waals surface area contributed by atoms with Crippen molar-refractivity contribution in [2.45, 2.75) is 38.1 Å². The van der Waals surface area contributed by atoms with Gasteiger partial charge in [-0.3, -0.25) is 4.79 Å². The van der Waals surface area contributed by atoms with Crippen LogP contribution in [-0.2, 0) is 25.6 Å². The van der Waals surface area contributed by atoms with Crippen molar-refractivity contribution in [2.75, 3.05) is 7.11 Å². The Kier molecular flexibility index (Phi) is 6.73. The Labute approximate surface area is 189 Å². The van der Waals surface area contributed by atoms with Crippen molar-refractivity contribution in [3.05, 3.63) is 76.2 Å². The standard InChI is InChI=1S/C24H23BrO6/c1-28-24(27)16-8-6-15(7-9-16)13-29-17-10-11-18-21(12-17)30-14-22(23(18)26)31-20-5-3-2-4-19(20)25/h2-9,14,17-18,21H,10-13H2,1H3. The Morgan fingerprint density at radius 1 is 1.13 bits per heavy atom. The molecule has 2 aromatic carbocycles. The molecule has 3 unspecified atom stereocenters. The van der Waals surface area contributed by atoms with Crippen molar-refractivity contribution < 1.29 is 28.5 Å². The molecule has 2 aliphatic rings. The summed E-state index contributed by atoms with van der Waals surface area (Å²) in [6.07, 6.45) is 3.34. The smallest absolute Gasteiger partial charge is 0.337 e. The zero-order valence-electron chi connectivity index (χ0n) is 17.1. The van der Waals surface area contributed by atoms with Crippen LogP contribution < -0.4 is 4.74 Å². The van der Waals surface area contributed by atoms with E-state index in [0.29, 0.717) is 30.8 Å². The quantitative estimate of drug-likeness (QED) is 0.545. The van der Waals surface area contributed by atoms with Crippen LogP contribution in [0.5, 0.6) is 5.75 Å². The van der Waals surface area contributed by atoms with Crippen molar-refractivity contribution in [2.24, 2.45) is 5.92 Å². The van der Waals surface area contributed by atoms with Crippen LogP contribution in [0.25, 0.3) is 0 Å². The fourth-order valence-corrected chi connectivity index (χ4v) is 4.24. The Bertz CT molecular complexity index is 984. The molecule has 1 saturated carbocycles. The number of Topliss-reactive ketones (excluding diaryl/α,β-unsaturated/α-hetero) is 1. The minimum absolute atomic E-state index is 0.00784. The van der Waals surface area contributed by atoms with Crippen LogP contribution in [0.1, 0.15) is 35.2 Å². The summed E-state index contributed by atoms with van der Waals surface area (Å²) in [4.78, 5) is 24.4. The van der Waals surface area contributed by atoms with Crippen LogP contribution in [-0.4, -0.2) is 31.1 Å². The summed E-state index contributed by atoms with van der Waals surface area (Å²) in [5.41, 5.74) is 1.48. The maximum atomic E-state index is 12.9. The molecule has 3 atom stereocenters. The number of carbonyl (C=O) groups excluding carboxylic acids is 2. The van der Waals surface area contributed by atoms with Crippen molar-refractivity contribution >= 4 is 27.7 Å². The number of ketones is 1. The zero-order valence-corrected chi connectivity index (χ0v) is 18.7. The highest BCUT2D eigenvalue weighted by Crippen LogP contribution is 2.36. The molecule has 31 heavy (non-hydrogen) atoms. The summed E-state index contributed by atoms with van der Waals surface area (Å²) >= 11 is 3.43. The highest BCUT2D eigenvalue weighted by molar-refractivity contribution is 9.10. The maximum absolute atomic E-state index is 12.9. The monoisotopic (exact) mass is 486 g/mol. The van der Waals surface area contributed by atoms with Crippen molar-refractivity contribution in [3.8, 4) is 5.75 Å². The molecule has 1 fully saturated rings. The van der Waals surface area contributed by atoms with Gasteiger partial charge in [-0.15, -0.1) is 0 Å². The van der Waals surface area contributed by atoms with Gasteiger partial charge in [-0.1, -0.05) is 24.3 Å². The lowest BCUT2D eigenvalue weighted by Crippen LogP contribution is -2.42. The Balaban J connectivity index is 1.32.